The maximum Gasteiger partial charge on any atom is 0.234 e. The van der Waals surface area contributed by atoms with Crippen LogP contribution in [0.5, 0.6) is 11.5 Å². The van der Waals surface area contributed by atoms with Crippen LogP contribution in [0.25, 0.3) is 5.69 Å². The molecule has 0 radical (unpaired) electrons. The number of anilines is 1. The summed E-state index contributed by atoms with van der Waals surface area (Å²) in [5, 5.41) is 15.2. The third-order valence-corrected chi connectivity index (χ3v) is 4.97. The molecule has 0 atom stereocenters. The van der Waals surface area contributed by atoms with E-state index in [-0.39, 0.29) is 11.7 Å². The van der Waals surface area contributed by atoms with E-state index in [2.05, 4.69) is 20.8 Å². The van der Waals surface area contributed by atoms with Gasteiger partial charge in [0.15, 0.2) is 11.5 Å². The first kappa shape index (κ1) is 19.7. The monoisotopic (exact) mass is 399 g/mol. The summed E-state index contributed by atoms with van der Waals surface area (Å²) in [6.45, 7) is 3.95. The van der Waals surface area contributed by atoms with Gasteiger partial charge in [0.05, 0.1) is 25.7 Å². The van der Waals surface area contributed by atoms with Crippen molar-refractivity contribution in [3.8, 4) is 17.2 Å². The van der Waals surface area contributed by atoms with E-state index in [9.17, 15) is 4.79 Å². The molecule has 0 unspecified atom stereocenters. The van der Waals surface area contributed by atoms with Crippen LogP contribution in [0.1, 0.15) is 11.1 Å². The number of ether oxygens (including phenoxy) is 2. The van der Waals surface area contributed by atoms with Gasteiger partial charge in [-0.15, -0.1) is 5.10 Å². The average molecular weight is 399 g/mol. The fourth-order valence-corrected chi connectivity index (χ4v) is 3.27. The van der Waals surface area contributed by atoms with E-state index in [1.54, 1.807) is 31.0 Å². The Kier molecular flexibility index (Phi) is 6.15. The minimum absolute atomic E-state index is 0.124. The molecule has 1 heterocycles. The zero-order valence-corrected chi connectivity index (χ0v) is 16.9. The first-order valence-corrected chi connectivity index (χ1v) is 9.51. The second-order valence-electron chi connectivity index (χ2n) is 6.07. The summed E-state index contributed by atoms with van der Waals surface area (Å²) >= 11 is 1.25. The Morgan fingerprint density at radius 2 is 1.89 bits per heavy atom. The zero-order chi connectivity index (χ0) is 20.1. The van der Waals surface area contributed by atoms with Crippen molar-refractivity contribution >= 4 is 23.4 Å². The van der Waals surface area contributed by atoms with Crippen LogP contribution in [-0.2, 0) is 4.79 Å². The number of benzene rings is 2. The van der Waals surface area contributed by atoms with E-state index in [0.29, 0.717) is 22.3 Å². The van der Waals surface area contributed by atoms with Gasteiger partial charge < -0.3 is 14.8 Å². The minimum atomic E-state index is -0.124. The molecule has 1 N–H and O–H groups in total. The highest BCUT2D eigenvalue weighted by Gasteiger charge is 2.14. The molecule has 0 aliphatic carbocycles. The summed E-state index contributed by atoms with van der Waals surface area (Å²) in [5.74, 6) is 1.24. The Bertz CT molecular complexity index is 989. The predicted octanol–water partition coefficient (Wildman–Crippen LogP) is 3.03. The number of methoxy groups -OCH3 is 2. The molecule has 9 heteroatoms. The summed E-state index contributed by atoms with van der Waals surface area (Å²) in [7, 11) is 3.14. The molecule has 0 saturated carbocycles. The van der Waals surface area contributed by atoms with Gasteiger partial charge in [0.2, 0.25) is 11.1 Å². The molecule has 28 heavy (non-hydrogen) atoms. The number of thioether (sulfide) groups is 1. The molecule has 0 bridgehead atoms. The van der Waals surface area contributed by atoms with Crippen LogP contribution in [0.4, 0.5) is 5.69 Å². The highest BCUT2D eigenvalue weighted by atomic mass is 32.2. The summed E-state index contributed by atoms with van der Waals surface area (Å²) in [6.07, 6.45) is 0. The SMILES string of the molecule is COc1ccc(-n2nnnc2SCC(=O)Nc2cc(C)ccc2C)cc1OC. The molecule has 0 fully saturated rings. The molecule has 2 aromatic carbocycles. The van der Waals surface area contributed by atoms with Crippen LogP contribution in [0.2, 0.25) is 0 Å². The van der Waals surface area contributed by atoms with Crippen molar-refractivity contribution in [3.63, 3.8) is 0 Å². The molecule has 0 saturated heterocycles. The predicted molar refractivity (Wildman–Crippen MR) is 108 cm³/mol. The lowest BCUT2D eigenvalue weighted by atomic mass is 10.1. The van der Waals surface area contributed by atoms with E-state index in [1.165, 1.54) is 11.8 Å². The third kappa shape index (κ3) is 4.42. The third-order valence-electron chi connectivity index (χ3n) is 4.05. The molecule has 0 aliphatic rings. The Morgan fingerprint density at radius 3 is 2.64 bits per heavy atom. The molecule has 1 aromatic heterocycles. The highest BCUT2D eigenvalue weighted by molar-refractivity contribution is 7.99. The van der Waals surface area contributed by atoms with E-state index >= 15 is 0 Å². The van der Waals surface area contributed by atoms with Gasteiger partial charge in [0, 0.05) is 11.8 Å². The van der Waals surface area contributed by atoms with Crippen LogP contribution in [-0.4, -0.2) is 46.1 Å². The van der Waals surface area contributed by atoms with Crippen molar-refractivity contribution < 1.29 is 14.3 Å². The van der Waals surface area contributed by atoms with Gasteiger partial charge in [0.1, 0.15) is 0 Å². The van der Waals surface area contributed by atoms with Gasteiger partial charge in [-0.1, -0.05) is 23.9 Å². The minimum Gasteiger partial charge on any atom is -0.493 e. The molecule has 1 amide bonds. The Morgan fingerprint density at radius 1 is 1.11 bits per heavy atom. The Balaban J connectivity index is 1.71. The van der Waals surface area contributed by atoms with Crippen molar-refractivity contribution in [2.45, 2.75) is 19.0 Å². The number of nitrogens with one attached hydrogen (secondary N) is 1. The first-order valence-electron chi connectivity index (χ1n) is 8.52. The number of carbonyl (C=O) groups excluding carboxylic acids is 1. The number of hydrogen-bond donors (Lipinski definition) is 1. The van der Waals surface area contributed by atoms with E-state index < -0.39 is 0 Å². The number of aryl methyl sites for hydroxylation is 2. The fourth-order valence-electron chi connectivity index (χ4n) is 2.57. The smallest absolute Gasteiger partial charge is 0.234 e. The normalized spacial score (nSPS) is 10.6. The standard InChI is InChI=1S/C19H21N5O3S/c1-12-5-6-13(2)15(9-12)20-18(25)11-28-19-21-22-23-24(19)14-7-8-16(26-3)17(10-14)27-4/h5-10H,11H2,1-4H3,(H,20,25). The second kappa shape index (κ2) is 8.75. The number of tetrazole rings is 1. The average Bonchev–Trinajstić information content (AvgIpc) is 3.17. The van der Waals surface area contributed by atoms with Gasteiger partial charge in [-0.2, -0.15) is 4.68 Å². The zero-order valence-electron chi connectivity index (χ0n) is 16.1. The molecule has 146 valence electrons. The Hall–Kier alpha value is -3.07. The Labute approximate surface area is 167 Å². The summed E-state index contributed by atoms with van der Waals surface area (Å²) in [4.78, 5) is 12.4. The summed E-state index contributed by atoms with van der Waals surface area (Å²) in [6, 6.07) is 11.3. The largest absolute Gasteiger partial charge is 0.493 e. The molecule has 3 aromatic rings. The molecule has 3 rings (SSSR count). The first-order chi connectivity index (χ1) is 13.5. The molecule has 0 spiro atoms. The number of amides is 1. The van der Waals surface area contributed by atoms with Crippen LogP contribution < -0.4 is 14.8 Å². The lowest BCUT2D eigenvalue weighted by Crippen LogP contribution is -2.15. The van der Waals surface area contributed by atoms with E-state index in [1.807, 2.05) is 38.1 Å². The number of hydrogen-bond acceptors (Lipinski definition) is 7. The molecule has 0 aliphatic heterocycles. The van der Waals surface area contributed by atoms with Crippen LogP contribution >= 0.6 is 11.8 Å². The highest BCUT2D eigenvalue weighted by Crippen LogP contribution is 2.30. The van der Waals surface area contributed by atoms with Gasteiger partial charge in [0.25, 0.3) is 0 Å². The van der Waals surface area contributed by atoms with Crippen LogP contribution in [0.3, 0.4) is 0 Å². The number of carbonyl (C=O) groups is 1. The van der Waals surface area contributed by atoms with E-state index in [4.69, 9.17) is 9.47 Å². The maximum atomic E-state index is 12.4. The van der Waals surface area contributed by atoms with Gasteiger partial charge in [-0.3, -0.25) is 4.79 Å². The van der Waals surface area contributed by atoms with Gasteiger partial charge >= 0.3 is 0 Å². The van der Waals surface area contributed by atoms with Gasteiger partial charge in [-0.25, -0.2) is 0 Å². The van der Waals surface area contributed by atoms with Crippen molar-refractivity contribution in [1.82, 2.24) is 20.2 Å². The summed E-state index contributed by atoms with van der Waals surface area (Å²) in [5.41, 5.74) is 3.62. The van der Waals surface area contributed by atoms with Crippen molar-refractivity contribution in [2.24, 2.45) is 0 Å². The van der Waals surface area contributed by atoms with Crippen LogP contribution in [0.15, 0.2) is 41.6 Å². The molecular weight excluding hydrogens is 378 g/mol. The lowest BCUT2D eigenvalue weighted by Gasteiger charge is -2.11. The maximum absolute atomic E-state index is 12.4. The number of rotatable bonds is 7. The quantitative estimate of drug-likeness (QED) is 0.611. The van der Waals surface area contributed by atoms with Crippen molar-refractivity contribution in [2.75, 3.05) is 25.3 Å². The molecular formula is C19H21N5O3S. The van der Waals surface area contributed by atoms with Crippen molar-refractivity contribution in [3.05, 3.63) is 47.5 Å². The molecule has 8 nitrogen and oxygen atoms in total. The van der Waals surface area contributed by atoms with Gasteiger partial charge in [-0.05, 0) is 53.6 Å². The van der Waals surface area contributed by atoms with Crippen LogP contribution in [0, 0.1) is 13.8 Å². The number of aromatic nitrogens is 4. The second-order valence-corrected chi connectivity index (χ2v) is 7.01. The van der Waals surface area contributed by atoms with E-state index in [0.717, 1.165) is 16.8 Å². The lowest BCUT2D eigenvalue weighted by molar-refractivity contribution is -0.113. The topological polar surface area (TPSA) is 91.2 Å². The van der Waals surface area contributed by atoms with Crippen molar-refractivity contribution in [1.29, 1.82) is 0 Å². The summed E-state index contributed by atoms with van der Waals surface area (Å²) < 4.78 is 12.1. The fraction of sp³-hybridized carbons (Fsp3) is 0.263. The number of nitrogens with zero attached hydrogens (tertiary/aromatic N) is 4.